The van der Waals surface area contributed by atoms with Gasteiger partial charge in [-0.2, -0.15) is 5.10 Å². The monoisotopic (exact) mass is 279 g/mol. The van der Waals surface area contributed by atoms with Gasteiger partial charge in [0.25, 0.3) is 0 Å². The van der Waals surface area contributed by atoms with Crippen LogP contribution < -0.4 is 0 Å². The molecule has 0 aromatic carbocycles. The molecule has 1 saturated heterocycles. The van der Waals surface area contributed by atoms with Crippen LogP contribution in [-0.2, 0) is 16.6 Å². The molecule has 1 aromatic rings. The average molecular weight is 279 g/mol. The zero-order valence-corrected chi connectivity index (χ0v) is 12.2. The van der Waals surface area contributed by atoms with Crippen LogP contribution in [-0.4, -0.2) is 38.2 Å². The highest BCUT2D eigenvalue weighted by Crippen LogP contribution is 2.36. The quantitative estimate of drug-likeness (QED) is 0.910. The van der Waals surface area contributed by atoms with E-state index in [0.29, 0.717) is 25.8 Å². The van der Waals surface area contributed by atoms with Gasteiger partial charge in [-0.1, -0.05) is 0 Å². The van der Waals surface area contributed by atoms with E-state index in [-0.39, 0.29) is 5.91 Å². The molecule has 1 aromatic heterocycles. The third-order valence-electron chi connectivity index (χ3n) is 3.97. The number of amides is 1. The van der Waals surface area contributed by atoms with E-state index in [9.17, 15) is 14.7 Å². The molecule has 110 valence electrons. The van der Waals surface area contributed by atoms with E-state index in [1.807, 2.05) is 20.0 Å². The van der Waals surface area contributed by atoms with Crippen LogP contribution in [0.25, 0.3) is 0 Å². The van der Waals surface area contributed by atoms with Crippen LogP contribution in [0.4, 0.5) is 0 Å². The molecule has 0 bridgehead atoms. The van der Waals surface area contributed by atoms with Crippen molar-refractivity contribution < 1.29 is 14.7 Å². The number of aliphatic carboxylic acids is 1. The largest absolute Gasteiger partial charge is 0.481 e. The van der Waals surface area contributed by atoms with Crippen LogP contribution >= 0.6 is 0 Å². The molecule has 1 amide bonds. The Morgan fingerprint density at radius 1 is 1.55 bits per heavy atom. The summed E-state index contributed by atoms with van der Waals surface area (Å²) in [6, 6.07) is -0.416. The molecule has 1 aliphatic rings. The van der Waals surface area contributed by atoms with Gasteiger partial charge >= 0.3 is 5.97 Å². The second-order valence-corrected chi connectivity index (χ2v) is 5.31. The number of hydrogen-bond acceptors (Lipinski definition) is 3. The van der Waals surface area contributed by atoms with Crippen molar-refractivity contribution in [2.45, 2.75) is 39.2 Å². The SMILES string of the molecule is CCN1C(=O)CCCC(C(=O)O)C1c1cn(C)nc1C. The summed E-state index contributed by atoms with van der Waals surface area (Å²) in [5.41, 5.74) is 1.63. The summed E-state index contributed by atoms with van der Waals surface area (Å²) in [5, 5.41) is 13.8. The number of nitrogens with zero attached hydrogens (tertiary/aromatic N) is 3. The Kier molecular flexibility index (Phi) is 4.11. The lowest BCUT2D eigenvalue weighted by molar-refractivity contribution is -0.146. The topological polar surface area (TPSA) is 75.4 Å². The van der Waals surface area contributed by atoms with Gasteiger partial charge in [0, 0.05) is 31.8 Å². The van der Waals surface area contributed by atoms with Crippen molar-refractivity contribution in [2.75, 3.05) is 6.54 Å². The van der Waals surface area contributed by atoms with Gasteiger partial charge in [-0.25, -0.2) is 0 Å². The lowest BCUT2D eigenvalue weighted by Gasteiger charge is -2.32. The zero-order chi connectivity index (χ0) is 14.9. The summed E-state index contributed by atoms with van der Waals surface area (Å²) in [6.07, 6.45) is 3.41. The van der Waals surface area contributed by atoms with E-state index in [1.54, 1.807) is 16.6 Å². The number of carboxylic acid groups (broad SMARTS) is 1. The van der Waals surface area contributed by atoms with Crippen molar-refractivity contribution >= 4 is 11.9 Å². The molecule has 0 spiro atoms. The minimum atomic E-state index is -0.841. The molecule has 2 rings (SSSR count). The van der Waals surface area contributed by atoms with Gasteiger partial charge < -0.3 is 10.0 Å². The highest BCUT2D eigenvalue weighted by Gasteiger charge is 2.39. The molecular formula is C14H21N3O3. The van der Waals surface area contributed by atoms with Gasteiger partial charge in [0.1, 0.15) is 0 Å². The van der Waals surface area contributed by atoms with E-state index in [1.165, 1.54) is 0 Å². The van der Waals surface area contributed by atoms with Gasteiger partial charge in [0.15, 0.2) is 0 Å². The van der Waals surface area contributed by atoms with E-state index in [0.717, 1.165) is 11.3 Å². The normalized spacial score (nSPS) is 23.8. The van der Waals surface area contributed by atoms with Crippen molar-refractivity contribution in [1.29, 1.82) is 0 Å². The second-order valence-electron chi connectivity index (χ2n) is 5.31. The Morgan fingerprint density at radius 3 is 2.75 bits per heavy atom. The van der Waals surface area contributed by atoms with Crippen molar-refractivity contribution in [3.05, 3.63) is 17.5 Å². The number of carbonyl (C=O) groups excluding carboxylic acids is 1. The Bertz CT molecular complexity index is 522. The third-order valence-corrected chi connectivity index (χ3v) is 3.97. The molecule has 2 unspecified atom stereocenters. The van der Waals surface area contributed by atoms with Crippen LogP contribution in [0.5, 0.6) is 0 Å². The smallest absolute Gasteiger partial charge is 0.308 e. The highest BCUT2D eigenvalue weighted by atomic mass is 16.4. The maximum absolute atomic E-state index is 12.2. The number of rotatable bonds is 3. The molecule has 20 heavy (non-hydrogen) atoms. The van der Waals surface area contributed by atoms with Crippen LogP contribution in [0.1, 0.15) is 43.5 Å². The number of aromatic nitrogens is 2. The first-order valence-electron chi connectivity index (χ1n) is 6.98. The van der Waals surface area contributed by atoms with Crippen molar-refractivity contribution in [3.63, 3.8) is 0 Å². The van der Waals surface area contributed by atoms with E-state index < -0.39 is 17.9 Å². The zero-order valence-electron chi connectivity index (χ0n) is 12.2. The van der Waals surface area contributed by atoms with Gasteiger partial charge in [-0.3, -0.25) is 14.3 Å². The Balaban J connectivity index is 2.51. The van der Waals surface area contributed by atoms with Crippen molar-refractivity contribution in [3.8, 4) is 0 Å². The van der Waals surface area contributed by atoms with Crippen LogP contribution in [0, 0.1) is 12.8 Å². The summed E-state index contributed by atoms with van der Waals surface area (Å²) in [4.78, 5) is 25.5. The Labute approximate surface area is 118 Å². The molecular weight excluding hydrogens is 258 g/mol. The first-order valence-corrected chi connectivity index (χ1v) is 6.98. The maximum Gasteiger partial charge on any atom is 0.308 e. The summed E-state index contributed by atoms with van der Waals surface area (Å²) in [5.74, 6) is -1.37. The maximum atomic E-state index is 12.2. The summed E-state index contributed by atoms with van der Waals surface area (Å²) in [7, 11) is 1.81. The summed E-state index contributed by atoms with van der Waals surface area (Å²) >= 11 is 0. The number of carboxylic acids is 1. The minimum absolute atomic E-state index is 0.0319. The summed E-state index contributed by atoms with van der Waals surface area (Å²) in [6.45, 7) is 4.26. The lowest BCUT2D eigenvalue weighted by Crippen LogP contribution is -2.39. The number of aryl methyl sites for hydroxylation is 2. The fraction of sp³-hybridized carbons (Fsp3) is 0.643. The molecule has 1 fully saturated rings. The molecule has 0 saturated carbocycles. The second kappa shape index (κ2) is 5.64. The molecule has 6 nitrogen and oxygen atoms in total. The first-order chi connectivity index (χ1) is 9.45. The Hall–Kier alpha value is -1.85. The molecule has 0 radical (unpaired) electrons. The molecule has 1 aliphatic heterocycles. The summed E-state index contributed by atoms with van der Waals surface area (Å²) < 4.78 is 1.67. The van der Waals surface area contributed by atoms with Crippen LogP contribution in [0.15, 0.2) is 6.20 Å². The predicted molar refractivity (Wildman–Crippen MR) is 73.0 cm³/mol. The van der Waals surface area contributed by atoms with Crippen LogP contribution in [0.3, 0.4) is 0 Å². The fourth-order valence-electron chi connectivity index (χ4n) is 3.07. The van der Waals surface area contributed by atoms with Crippen LogP contribution in [0.2, 0.25) is 0 Å². The van der Waals surface area contributed by atoms with Crippen molar-refractivity contribution in [1.82, 2.24) is 14.7 Å². The van der Waals surface area contributed by atoms with Gasteiger partial charge in [0.05, 0.1) is 17.7 Å². The standard InChI is InChI=1S/C14H21N3O3/c1-4-17-12(18)7-5-6-10(14(19)20)13(17)11-8-16(3)15-9(11)2/h8,10,13H,4-7H2,1-3H3,(H,19,20). The Morgan fingerprint density at radius 2 is 2.25 bits per heavy atom. The molecule has 2 atom stereocenters. The number of hydrogen-bond donors (Lipinski definition) is 1. The van der Waals surface area contributed by atoms with E-state index in [4.69, 9.17) is 0 Å². The number of carbonyl (C=O) groups is 2. The molecule has 2 heterocycles. The molecule has 0 aliphatic carbocycles. The van der Waals surface area contributed by atoms with E-state index >= 15 is 0 Å². The van der Waals surface area contributed by atoms with Gasteiger partial charge in [-0.05, 0) is 26.7 Å². The van der Waals surface area contributed by atoms with E-state index in [2.05, 4.69) is 5.10 Å². The van der Waals surface area contributed by atoms with Gasteiger partial charge in [0.2, 0.25) is 5.91 Å². The first kappa shape index (κ1) is 14.6. The van der Waals surface area contributed by atoms with Crippen molar-refractivity contribution in [2.24, 2.45) is 13.0 Å². The minimum Gasteiger partial charge on any atom is -0.481 e. The lowest BCUT2D eigenvalue weighted by atomic mass is 9.89. The third kappa shape index (κ3) is 2.55. The average Bonchev–Trinajstić information content (AvgIpc) is 2.61. The molecule has 1 N–H and O–H groups in total. The predicted octanol–water partition coefficient (Wildman–Crippen LogP) is 1.50. The van der Waals surface area contributed by atoms with Gasteiger partial charge in [-0.15, -0.1) is 0 Å². The fourth-order valence-corrected chi connectivity index (χ4v) is 3.07. The number of likely N-dealkylation sites (tertiary alicyclic amines) is 1. The molecule has 6 heteroatoms. The highest BCUT2D eigenvalue weighted by molar-refractivity contribution is 5.79.